The minimum atomic E-state index is -6.34. The Kier molecular flexibility index (Phi) is 6.38. The smallest absolute Gasteiger partial charge is 0.454 e. The van der Waals surface area contributed by atoms with E-state index >= 15 is 0 Å². The number of alkyl halides is 3. The number of ether oxygens (including phenoxy) is 4. The second-order valence-electron chi connectivity index (χ2n) is 6.98. The molecule has 11 nitrogen and oxygen atoms in total. The molecule has 0 atom stereocenters. The van der Waals surface area contributed by atoms with Crippen LogP contribution in [-0.2, 0) is 40.3 Å². The monoisotopic (exact) mass is 571 g/mol. The maximum absolute atomic E-state index is 13.5. The second-order valence-corrected chi connectivity index (χ2v) is 10.8. The van der Waals surface area contributed by atoms with Crippen LogP contribution >= 0.6 is 11.6 Å². The van der Waals surface area contributed by atoms with Crippen molar-refractivity contribution in [2.24, 2.45) is 0 Å². The van der Waals surface area contributed by atoms with E-state index in [2.05, 4.69) is 8.92 Å². The number of nitrogens with zero attached hydrogens (tertiary/aromatic N) is 1. The van der Waals surface area contributed by atoms with Crippen molar-refractivity contribution in [1.82, 2.24) is 4.31 Å². The molecule has 17 heteroatoms. The summed E-state index contributed by atoms with van der Waals surface area (Å²) >= 11 is 6.22. The Morgan fingerprint density at radius 2 is 1.81 bits per heavy atom. The van der Waals surface area contributed by atoms with Gasteiger partial charge in [0.05, 0.1) is 18.6 Å². The lowest BCUT2D eigenvalue weighted by Crippen LogP contribution is -2.38. The van der Waals surface area contributed by atoms with E-state index in [1.165, 1.54) is 24.3 Å². The zero-order chi connectivity index (χ0) is 26.5. The Hall–Kier alpha value is -3.37. The van der Waals surface area contributed by atoms with Crippen LogP contribution in [0.25, 0.3) is 5.76 Å². The van der Waals surface area contributed by atoms with Gasteiger partial charge in [-0.2, -0.15) is 21.6 Å². The van der Waals surface area contributed by atoms with E-state index in [-0.39, 0.29) is 28.9 Å². The lowest BCUT2D eigenvalue weighted by atomic mass is 10.1. The van der Waals surface area contributed by atoms with Gasteiger partial charge >= 0.3 is 21.8 Å². The number of carbonyl (C=O) groups is 1. The largest absolute Gasteiger partial charge is 0.534 e. The summed E-state index contributed by atoms with van der Waals surface area (Å²) in [7, 11) is -10.2. The van der Waals surface area contributed by atoms with Crippen LogP contribution in [0.5, 0.6) is 11.5 Å². The number of benzene rings is 2. The van der Waals surface area contributed by atoms with E-state index in [4.69, 9.17) is 25.8 Å². The fourth-order valence-corrected chi connectivity index (χ4v) is 5.45. The van der Waals surface area contributed by atoms with E-state index in [1.807, 2.05) is 0 Å². The molecule has 0 aromatic heterocycles. The van der Waals surface area contributed by atoms with Gasteiger partial charge in [-0.15, -0.1) is 0 Å². The molecule has 0 bridgehead atoms. The van der Waals surface area contributed by atoms with Crippen LogP contribution in [0, 0.1) is 0 Å². The topological polar surface area (TPSA) is 135 Å². The van der Waals surface area contributed by atoms with Gasteiger partial charge < -0.3 is 23.1 Å². The molecule has 2 heterocycles. The molecule has 0 unspecified atom stereocenters. The molecule has 0 N–H and O–H groups in total. The molecule has 4 rings (SSSR count). The number of halogens is 4. The molecule has 0 radical (unpaired) electrons. The van der Waals surface area contributed by atoms with E-state index in [1.54, 1.807) is 0 Å². The highest BCUT2D eigenvalue weighted by Gasteiger charge is 2.51. The average molecular weight is 572 g/mol. The van der Waals surface area contributed by atoms with Crippen molar-refractivity contribution in [3.8, 4) is 11.5 Å². The molecular formula is C19H13ClF3NO10S2. The Labute approximate surface area is 206 Å². The van der Waals surface area contributed by atoms with Gasteiger partial charge in [-0.05, 0) is 23.8 Å². The summed E-state index contributed by atoms with van der Waals surface area (Å²) in [6.07, 6.45) is -1.58. The van der Waals surface area contributed by atoms with Crippen LogP contribution in [0.15, 0.2) is 47.2 Å². The van der Waals surface area contributed by atoms with Crippen molar-refractivity contribution in [1.29, 1.82) is 0 Å². The van der Waals surface area contributed by atoms with Crippen LogP contribution in [0.1, 0.15) is 11.1 Å². The lowest BCUT2D eigenvalue weighted by molar-refractivity contribution is -0.0511. The lowest BCUT2D eigenvalue weighted by Gasteiger charge is -2.32. The van der Waals surface area contributed by atoms with Gasteiger partial charge in [-0.3, -0.25) is 0 Å². The third kappa shape index (κ3) is 4.46. The van der Waals surface area contributed by atoms with Crippen LogP contribution < -0.4 is 9.47 Å². The van der Waals surface area contributed by atoms with E-state index < -0.39 is 60.5 Å². The van der Waals surface area contributed by atoms with Crippen LogP contribution in [0.3, 0.4) is 0 Å². The van der Waals surface area contributed by atoms with Gasteiger partial charge in [0.25, 0.3) is 15.9 Å². The summed E-state index contributed by atoms with van der Waals surface area (Å²) < 4.78 is 114. The van der Waals surface area contributed by atoms with Gasteiger partial charge in [0.15, 0.2) is 11.5 Å². The Bertz CT molecular complexity index is 1490. The molecule has 0 fully saturated rings. The highest BCUT2D eigenvalue weighted by Crippen LogP contribution is 2.43. The third-order valence-electron chi connectivity index (χ3n) is 4.80. The molecule has 0 amide bonds. The number of sulfonamides is 1. The van der Waals surface area contributed by atoms with Gasteiger partial charge in [0, 0.05) is 16.7 Å². The van der Waals surface area contributed by atoms with Crippen molar-refractivity contribution in [2.75, 3.05) is 13.9 Å². The summed E-state index contributed by atoms with van der Waals surface area (Å²) in [6, 6.07) is 7.02. The molecule has 2 aliphatic heterocycles. The molecule has 0 saturated carbocycles. The average Bonchev–Trinajstić information content (AvgIpc) is 3.25. The predicted octanol–water partition coefficient (Wildman–Crippen LogP) is 3.55. The zero-order valence-corrected chi connectivity index (χ0v) is 20.1. The van der Waals surface area contributed by atoms with Gasteiger partial charge in [-0.25, -0.2) is 17.5 Å². The predicted molar refractivity (Wildman–Crippen MR) is 113 cm³/mol. The highest BCUT2D eigenvalue weighted by molar-refractivity contribution is 7.89. The molecule has 0 saturated heterocycles. The first-order chi connectivity index (χ1) is 16.8. The van der Waals surface area contributed by atoms with Gasteiger partial charge in [0.1, 0.15) is 0 Å². The number of carbonyl (C=O) groups excluding carboxylic acids is 1. The van der Waals surface area contributed by atoms with Crippen LogP contribution in [0.2, 0.25) is 5.02 Å². The summed E-state index contributed by atoms with van der Waals surface area (Å²) in [5.41, 5.74) is -6.47. The first kappa shape index (κ1) is 25.7. The molecule has 194 valence electrons. The Balaban J connectivity index is 1.95. The Morgan fingerprint density at radius 1 is 1.17 bits per heavy atom. The molecule has 2 aromatic carbocycles. The summed E-state index contributed by atoms with van der Waals surface area (Å²) in [5, 5.41) is -0.0453. The first-order valence-electron chi connectivity index (χ1n) is 9.47. The van der Waals surface area contributed by atoms with Crippen molar-refractivity contribution in [3.63, 3.8) is 0 Å². The van der Waals surface area contributed by atoms with E-state index in [0.717, 1.165) is 19.2 Å². The van der Waals surface area contributed by atoms with E-state index in [0.29, 0.717) is 4.31 Å². The summed E-state index contributed by atoms with van der Waals surface area (Å²) in [4.78, 5) is 11.3. The number of methoxy groups -OCH3 is 1. The van der Waals surface area contributed by atoms with Gasteiger partial charge in [-0.1, -0.05) is 23.7 Å². The van der Waals surface area contributed by atoms with Crippen LogP contribution in [0.4, 0.5) is 18.0 Å². The number of hydrogen-bond donors (Lipinski definition) is 0. The maximum atomic E-state index is 13.5. The maximum Gasteiger partial charge on any atom is 0.534 e. The van der Waals surface area contributed by atoms with Crippen molar-refractivity contribution in [3.05, 3.63) is 58.4 Å². The Morgan fingerprint density at radius 3 is 2.44 bits per heavy atom. The highest BCUT2D eigenvalue weighted by atomic mass is 35.5. The molecule has 2 aliphatic rings. The van der Waals surface area contributed by atoms with Crippen molar-refractivity contribution in [2.45, 2.75) is 16.9 Å². The van der Waals surface area contributed by atoms with Crippen molar-refractivity contribution >= 4 is 43.7 Å². The summed E-state index contributed by atoms with van der Waals surface area (Å²) in [6.45, 7) is -0.897. The quantitative estimate of drug-likeness (QED) is 0.298. The molecule has 0 spiro atoms. The minimum Gasteiger partial charge on any atom is -0.454 e. The molecule has 0 aliphatic carbocycles. The van der Waals surface area contributed by atoms with Crippen molar-refractivity contribution < 1.29 is 57.9 Å². The normalized spacial score (nSPS) is 16.4. The molecule has 2 aromatic rings. The third-order valence-corrected chi connectivity index (χ3v) is 7.89. The van der Waals surface area contributed by atoms with Gasteiger partial charge in [0.2, 0.25) is 12.6 Å². The number of rotatable bonds is 5. The fraction of sp³-hybridized carbons (Fsp3) is 0.211. The molecular weight excluding hydrogens is 559 g/mol. The second kappa shape index (κ2) is 8.94. The van der Waals surface area contributed by atoms with E-state index in [9.17, 15) is 34.8 Å². The first-order valence-corrected chi connectivity index (χ1v) is 12.7. The SMILES string of the molecule is COC(=O)OC1=C(OS(=O)(=O)C(F)(F)F)c2ccccc2S(=O)(=O)N1Cc1cc2c(cc1Cl)OCO2. The summed E-state index contributed by atoms with van der Waals surface area (Å²) in [5.74, 6) is -2.00. The standard InChI is InChI=1S/C19H13ClF3NO10S2/c1-30-18(25)33-17-16(34-36(28,29)19(21,22)23)11-4-2-3-5-15(11)35(26,27)24(17)8-10-6-13-14(7-12(10)20)32-9-31-13/h2-7H,8-9H2,1H3. The van der Waals surface area contributed by atoms with Crippen LogP contribution in [-0.4, -0.2) is 46.7 Å². The zero-order valence-electron chi connectivity index (χ0n) is 17.7. The molecule has 36 heavy (non-hydrogen) atoms. The fourth-order valence-electron chi connectivity index (χ4n) is 3.18. The number of fused-ring (bicyclic) bond motifs is 2. The number of hydrogen-bond acceptors (Lipinski definition) is 10. The minimum absolute atomic E-state index is 0.0351.